The summed E-state index contributed by atoms with van der Waals surface area (Å²) in [5, 5.41) is 4.67. The third kappa shape index (κ3) is 3.49. The highest BCUT2D eigenvalue weighted by molar-refractivity contribution is 5.79. The van der Waals surface area contributed by atoms with Crippen molar-refractivity contribution in [1.82, 2.24) is 29.4 Å². The van der Waals surface area contributed by atoms with Crippen LogP contribution in [0.5, 0.6) is 0 Å². The number of fused-ring (bicyclic) bond motifs is 1. The zero-order valence-electron chi connectivity index (χ0n) is 16.9. The van der Waals surface area contributed by atoms with Crippen LogP contribution in [-0.4, -0.2) is 68.5 Å². The van der Waals surface area contributed by atoms with Crippen LogP contribution in [-0.2, 0) is 11.2 Å². The molecule has 0 saturated carbocycles. The molecule has 3 heterocycles. The highest BCUT2D eigenvalue weighted by Gasteiger charge is 2.22. The van der Waals surface area contributed by atoms with Crippen molar-refractivity contribution in [2.24, 2.45) is 0 Å². The van der Waals surface area contributed by atoms with Crippen molar-refractivity contribution in [2.45, 2.75) is 27.2 Å². The molecule has 0 aliphatic carbocycles. The molecule has 0 atom stereocenters. The molecule has 4 rings (SSSR count). The Kier molecular flexibility index (Phi) is 4.85. The number of likely N-dealkylation sites (N-methyl/N-ethyl adjacent to an activating group) is 1. The van der Waals surface area contributed by atoms with E-state index in [1.165, 1.54) is 0 Å². The molecule has 28 heavy (non-hydrogen) atoms. The topological polar surface area (TPSA) is 66.6 Å². The Bertz CT molecular complexity index is 1030. The van der Waals surface area contributed by atoms with Crippen molar-refractivity contribution >= 4 is 11.7 Å². The van der Waals surface area contributed by atoms with Crippen LogP contribution in [0.4, 0.5) is 0 Å². The molecule has 0 bridgehead atoms. The minimum atomic E-state index is 0.152. The average Bonchev–Trinajstić information content (AvgIpc) is 3.10. The third-order valence-electron chi connectivity index (χ3n) is 5.51. The van der Waals surface area contributed by atoms with E-state index in [-0.39, 0.29) is 5.91 Å². The van der Waals surface area contributed by atoms with Gasteiger partial charge in [0.05, 0.1) is 6.42 Å². The lowest BCUT2D eigenvalue weighted by Crippen LogP contribution is -2.47. The first kappa shape index (κ1) is 18.6. The molecule has 0 radical (unpaired) electrons. The Labute approximate surface area is 165 Å². The van der Waals surface area contributed by atoms with Gasteiger partial charge >= 0.3 is 0 Å². The molecule has 7 heteroatoms. The van der Waals surface area contributed by atoms with E-state index in [2.05, 4.69) is 46.1 Å². The Morgan fingerprint density at radius 3 is 2.54 bits per heavy atom. The fraction of sp³-hybridized carbons (Fsp3) is 0.429. The van der Waals surface area contributed by atoms with Gasteiger partial charge in [-0.25, -0.2) is 9.50 Å². The van der Waals surface area contributed by atoms with Crippen LogP contribution in [0.2, 0.25) is 0 Å². The number of aryl methyl sites for hydroxylation is 3. The second-order valence-corrected chi connectivity index (χ2v) is 7.64. The Morgan fingerprint density at radius 2 is 1.82 bits per heavy atom. The van der Waals surface area contributed by atoms with E-state index < -0.39 is 0 Å². The largest absolute Gasteiger partial charge is 0.340 e. The minimum absolute atomic E-state index is 0.152. The predicted octanol–water partition coefficient (Wildman–Crippen LogP) is 2.03. The van der Waals surface area contributed by atoms with Gasteiger partial charge in [0, 0.05) is 48.7 Å². The maximum absolute atomic E-state index is 12.8. The van der Waals surface area contributed by atoms with Gasteiger partial charge in [-0.1, -0.05) is 23.8 Å². The highest BCUT2D eigenvalue weighted by atomic mass is 16.2. The minimum Gasteiger partial charge on any atom is -0.340 e. The molecule has 0 unspecified atom stereocenters. The molecule has 2 aromatic heterocycles. The second kappa shape index (κ2) is 7.31. The molecule has 1 amide bonds. The SMILES string of the molecule is Cc1cccc(-c2nc3nc(C)c(CC(=O)N4CCN(C)CC4)c(C)n3n2)c1. The van der Waals surface area contributed by atoms with Crippen LogP contribution in [0.3, 0.4) is 0 Å². The van der Waals surface area contributed by atoms with E-state index in [1.807, 2.05) is 30.9 Å². The summed E-state index contributed by atoms with van der Waals surface area (Å²) in [6.45, 7) is 9.39. The van der Waals surface area contributed by atoms with Gasteiger partial charge in [-0.05, 0) is 33.9 Å². The number of nitrogens with zero attached hydrogens (tertiary/aromatic N) is 6. The normalized spacial score (nSPS) is 15.4. The van der Waals surface area contributed by atoms with Gasteiger partial charge in [-0.15, -0.1) is 5.10 Å². The number of hydrogen-bond acceptors (Lipinski definition) is 5. The van der Waals surface area contributed by atoms with Crippen molar-refractivity contribution in [1.29, 1.82) is 0 Å². The fourth-order valence-electron chi connectivity index (χ4n) is 3.69. The summed E-state index contributed by atoms with van der Waals surface area (Å²) in [5.41, 5.74) is 4.84. The van der Waals surface area contributed by atoms with Gasteiger partial charge in [0.15, 0.2) is 5.82 Å². The van der Waals surface area contributed by atoms with Crippen LogP contribution >= 0.6 is 0 Å². The van der Waals surface area contributed by atoms with Crippen LogP contribution in [0.25, 0.3) is 17.2 Å². The van der Waals surface area contributed by atoms with E-state index in [0.29, 0.717) is 18.0 Å². The van der Waals surface area contributed by atoms with Gasteiger partial charge < -0.3 is 9.80 Å². The molecule has 1 fully saturated rings. The first-order valence-electron chi connectivity index (χ1n) is 9.68. The molecule has 1 saturated heterocycles. The van der Waals surface area contributed by atoms with E-state index in [0.717, 1.165) is 54.3 Å². The van der Waals surface area contributed by atoms with Gasteiger partial charge in [0.2, 0.25) is 5.91 Å². The number of rotatable bonds is 3. The van der Waals surface area contributed by atoms with Crippen LogP contribution in [0, 0.1) is 20.8 Å². The quantitative estimate of drug-likeness (QED) is 0.698. The number of amides is 1. The van der Waals surface area contributed by atoms with Crippen LogP contribution in [0.1, 0.15) is 22.5 Å². The summed E-state index contributed by atoms with van der Waals surface area (Å²) in [6, 6.07) is 8.12. The molecular formula is C21H26N6O. The first-order valence-corrected chi connectivity index (χ1v) is 9.68. The maximum Gasteiger partial charge on any atom is 0.253 e. The lowest BCUT2D eigenvalue weighted by molar-refractivity contribution is -0.132. The van der Waals surface area contributed by atoms with E-state index in [4.69, 9.17) is 0 Å². The van der Waals surface area contributed by atoms with Crippen molar-refractivity contribution < 1.29 is 4.79 Å². The van der Waals surface area contributed by atoms with E-state index >= 15 is 0 Å². The lowest BCUT2D eigenvalue weighted by atomic mass is 10.1. The lowest BCUT2D eigenvalue weighted by Gasteiger charge is -2.32. The van der Waals surface area contributed by atoms with Gasteiger partial charge in [-0.3, -0.25) is 4.79 Å². The molecule has 0 N–H and O–H groups in total. The van der Waals surface area contributed by atoms with Crippen LogP contribution < -0.4 is 0 Å². The van der Waals surface area contributed by atoms with E-state index in [9.17, 15) is 4.79 Å². The molecule has 1 aromatic carbocycles. The van der Waals surface area contributed by atoms with Crippen molar-refractivity contribution in [2.75, 3.05) is 33.2 Å². The summed E-state index contributed by atoms with van der Waals surface area (Å²) >= 11 is 0. The first-order chi connectivity index (χ1) is 13.4. The summed E-state index contributed by atoms with van der Waals surface area (Å²) < 4.78 is 1.76. The Morgan fingerprint density at radius 1 is 1.07 bits per heavy atom. The monoisotopic (exact) mass is 378 g/mol. The molecule has 0 spiro atoms. The average molecular weight is 378 g/mol. The zero-order valence-corrected chi connectivity index (χ0v) is 16.9. The smallest absolute Gasteiger partial charge is 0.253 e. The fourth-order valence-corrected chi connectivity index (χ4v) is 3.69. The molecule has 146 valence electrons. The molecular weight excluding hydrogens is 352 g/mol. The molecule has 1 aliphatic rings. The maximum atomic E-state index is 12.8. The Balaban J connectivity index is 1.65. The summed E-state index contributed by atoms with van der Waals surface area (Å²) in [5.74, 6) is 1.38. The molecule has 1 aliphatic heterocycles. The van der Waals surface area contributed by atoms with Crippen molar-refractivity contribution in [3.8, 4) is 11.4 Å². The summed E-state index contributed by atoms with van der Waals surface area (Å²) in [4.78, 5) is 26.2. The number of aromatic nitrogens is 4. The third-order valence-corrected chi connectivity index (χ3v) is 5.51. The van der Waals surface area contributed by atoms with Gasteiger partial charge in [0.25, 0.3) is 5.78 Å². The van der Waals surface area contributed by atoms with Crippen molar-refractivity contribution in [3.63, 3.8) is 0 Å². The highest BCUT2D eigenvalue weighted by Crippen LogP contribution is 2.20. The van der Waals surface area contributed by atoms with Crippen LogP contribution in [0.15, 0.2) is 24.3 Å². The number of hydrogen-bond donors (Lipinski definition) is 0. The Hall–Kier alpha value is -2.80. The number of carbonyl (C=O) groups excluding carboxylic acids is 1. The molecule has 7 nitrogen and oxygen atoms in total. The van der Waals surface area contributed by atoms with E-state index in [1.54, 1.807) is 4.52 Å². The number of carbonyl (C=O) groups is 1. The summed E-state index contributed by atoms with van der Waals surface area (Å²) in [6.07, 6.45) is 0.351. The zero-order chi connectivity index (χ0) is 19.8. The number of piperazine rings is 1. The predicted molar refractivity (Wildman–Crippen MR) is 108 cm³/mol. The standard InChI is InChI=1S/C21H26N6O/c1-14-6-5-7-17(12-14)20-23-21-22-15(2)18(16(3)27(21)24-20)13-19(28)26-10-8-25(4)9-11-26/h5-7,12H,8-11,13H2,1-4H3. The number of benzene rings is 1. The molecule has 3 aromatic rings. The summed E-state index contributed by atoms with van der Waals surface area (Å²) in [7, 11) is 2.09. The van der Waals surface area contributed by atoms with Crippen molar-refractivity contribution in [3.05, 3.63) is 46.8 Å². The second-order valence-electron chi connectivity index (χ2n) is 7.64. The van der Waals surface area contributed by atoms with Gasteiger partial charge in [-0.2, -0.15) is 4.98 Å². The van der Waals surface area contributed by atoms with Gasteiger partial charge in [0.1, 0.15) is 0 Å².